The van der Waals surface area contributed by atoms with Gasteiger partial charge in [-0.1, -0.05) is 29.8 Å². The molecule has 0 bridgehead atoms. The van der Waals surface area contributed by atoms with Crippen LogP contribution < -0.4 is 10.6 Å². The van der Waals surface area contributed by atoms with E-state index in [0.29, 0.717) is 5.82 Å². The molecule has 6 heteroatoms. The van der Waals surface area contributed by atoms with Gasteiger partial charge in [-0.25, -0.2) is 0 Å². The lowest BCUT2D eigenvalue weighted by atomic mass is 10.0. The molecule has 2 rings (SSSR count). The van der Waals surface area contributed by atoms with E-state index in [4.69, 9.17) is 0 Å². The smallest absolute Gasteiger partial charge is 0.227 e. The number of aryl methyl sites for hydroxylation is 3. The van der Waals surface area contributed by atoms with Crippen molar-refractivity contribution in [2.24, 2.45) is 7.05 Å². The maximum atomic E-state index is 12.3. The fourth-order valence-corrected chi connectivity index (χ4v) is 2.40. The van der Waals surface area contributed by atoms with E-state index in [0.717, 1.165) is 16.8 Å². The van der Waals surface area contributed by atoms with Crippen molar-refractivity contribution in [2.45, 2.75) is 33.2 Å². The van der Waals surface area contributed by atoms with E-state index in [9.17, 15) is 9.59 Å². The number of nitrogens with zero attached hydrogens (tertiary/aromatic N) is 2. The van der Waals surface area contributed by atoms with Crippen molar-refractivity contribution < 1.29 is 9.59 Å². The molecule has 0 saturated carbocycles. The number of anilines is 1. The maximum absolute atomic E-state index is 12.3. The minimum Gasteiger partial charge on any atom is -0.349 e. The summed E-state index contributed by atoms with van der Waals surface area (Å²) in [7, 11) is 1.77. The first-order chi connectivity index (χ1) is 10.8. The normalized spacial score (nSPS) is 11.8. The Morgan fingerprint density at radius 1 is 1.22 bits per heavy atom. The summed E-state index contributed by atoms with van der Waals surface area (Å²) in [5.41, 5.74) is 2.87. The molecule has 1 aromatic heterocycles. The Kier molecular flexibility index (Phi) is 5.16. The average molecular weight is 314 g/mol. The van der Waals surface area contributed by atoms with Gasteiger partial charge in [0, 0.05) is 20.0 Å². The molecule has 0 spiro atoms. The molecule has 1 aromatic carbocycles. The predicted molar refractivity (Wildman–Crippen MR) is 88.9 cm³/mol. The Hall–Kier alpha value is -2.63. The van der Waals surface area contributed by atoms with Gasteiger partial charge in [-0.15, -0.1) is 0 Å². The second-order valence-electron chi connectivity index (χ2n) is 5.71. The number of nitrogens with one attached hydrogen (secondary N) is 2. The van der Waals surface area contributed by atoms with Gasteiger partial charge >= 0.3 is 0 Å². The van der Waals surface area contributed by atoms with Crippen molar-refractivity contribution in [3.63, 3.8) is 0 Å². The second kappa shape index (κ2) is 7.09. The SMILES string of the molecule is CC(=O)N[C@@H](CC(=O)Nc1cc(C)nn1C)c1ccc(C)cc1. The van der Waals surface area contributed by atoms with Crippen molar-refractivity contribution in [1.29, 1.82) is 0 Å². The van der Waals surface area contributed by atoms with Crippen LogP contribution >= 0.6 is 0 Å². The number of aromatic nitrogens is 2. The van der Waals surface area contributed by atoms with E-state index in [1.165, 1.54) is 6.92 Å². The van der Waals surface area contributed by atoms with Crippen LogP contribution in [0.4, 0.5) is 5.82 Å². The van der Waals surface area contributed by atoms with Gasteiger partial charge in [-0.05, 0) is 19.4 Å². The predicted octanol–water partition coefficient (Wildman–Crippen LogP) is 2.24. The molecule has 23 heavy (non-hydrogen) atoms. The molecular weight excluding hydrogens is 292 g/mol. The number of hydrogen-bond acceptors (Lipinski definition) is 3. The van der Waals surface area contributed by atoms with Crippen LogP contribution in [-0.2, 0) is 16.6 Å². The van der Waals surface area contributed by atoms with Gasteiger partial charge < -0.3 is 10.6 Å². The Balaban J connectivity index is 2.10. The summed E-state index contributed by atoms with van der Waals surface area (Å²) in [6, 6.07) is 9.23. The van der Waals surface area contributed by atoms with E-state index < -0.39 is 0 Å². The van der Waals surface area contributed by atoms with E-state index in [2.05, 4.69) is 15.7 Å². The van der Waals surface area contributed by atoms with Gasteiger partial charge in [-0.2, -0.15) is 5.10 Å². The Morgan fingerprint density at radius 2 is 1.87 bits per heavy atom. The topological polar surface area (TPSA) is 76.0 Å². The Morgan fingerprint density at radius 3 is 2.39 bits per heavy atom. The fraction of sp³-hybridized carbons (Fsp3) is 0.353. The maximum Gasteiger partial charge on any atom is 0.227 e. The number of benzene rings is 1. The number of carbonyl (C=O) groups is 2. The van der Waals surface area contributed by atoms with Crippen LogP contribution in [0.5, 0.6) is 0 Å². The van der Waals surface area contributed by atoms with Crippen molar-refractivity contribution in [2.75, 3.05) is 5.32 Å². The van der Waals surface area contributed by atoms with Crippen molar-refractivity contribution >= 4 is 17.6 Å². The van der Waals surface area contributed by atoms with Gasteiger partial charge in [0.1, 0.15) is 5.82 Å². The number of carbonyl (C=O) groups excluding carboxylic acids is 2. The summed E-state index contributed by atoms with van der Waals surface area (Å²) >= 11 is 0. The number of hydrogen-bond donors (Lipinski definition) is 2. The largest absolute Gasteiger partial charge is 0.349 e. The molecule has 1 atom stereocenters. The van der Waals surface area contributed by atoms with Crippen LogP contribution in [0.15, 0.2) is 30.3 Å². The van der Waals surface area contributed by atoms with Gasteiger partial charge in [0.15, 0.2) is 0 Å². The molecule has 2 aromatic rings. The van der Waals surface area contributed by atoms with Crippen LogP contribution in [0.2, 0.25) is 0 Å². The lowest BCUT2D eigenvalue weighted by Crippen LogP contribution is -2.30. The zero-order valence-electron chi connectivity index (χ0n) is 13.9. The van der Waals surface area contributed by atoms with E-state index in [-0.39, 0.29) is 24.3 Å². The number of amides is 2. The standard InChI is InChI=1S/C17H22N4O2/c1-11-5-7-14(8-6-11)15(18-13(3)22)10-17(23)19-16-9-12(2)20-21(16)4/h5-9,15H,10H2,1-4H3,(H,18,22)(H,19,23)/t15-/m0/s1. The summed E-state index contributed by atoms with van der Waals surface area (Å²) in [4.78, 5) is 23.7. The van der Waals surface area contributed by atoms with Crippen LogP contribution in [-0.4, -0.2) is 21.6 Å². The van der Waals surface area contributed by atoms with Gasteiger partial charge in [0.25, 0.3) is 0 Å². The summed E-state index contributed by atoms with van der Waals surface area (Å²) in [5, 5.41) is 9.85. The highest BCUT2D eigenvalue weighted by atomic mass is 16.2. The third-order valence-corrected chi connectivity index (χ3v) is 3.52. The molecule has 0 fully saturated rings. The van der Waals surface area contributed by atoms with E-state index >= 15 is 0 Å². The molecule has 0 aliphatic rings. The molecule has 2 amide bonds. The van der Waals surface area contributed by atoms with Crippen LogP contribution in [0.1, 0.15) is 36.2 Å². The average Bonchev–Trinajstić information content (AvgIpc) is 2.76. The van der Waals surface area contributed by atoms with E-state index in [1.807, 2.05) is 38.1 Å². The van der Waals surface area contributed by atoms with Gasteiger partial charge in [-0.3, -0.25) is 14.3 Å². The first-order valence-electron chi connectivity index (χ1n) is 7.49. The molecule has 0 aliphatic heterocycles. The van der Waals surface area contributed by atoms with Crippen LogP contribution in [0.3, 0.4) is 0 Å². The third-order valence-electron chi connectivity index (χ3n) is 3.52. The minimum absolute atomic E-state index is 0.160. The molecule has 1 heterocycles. The first kappa shape index (κ1) is 16.7. The van der Waals surface area contributed by atoms with E-state index in [1.54, 1.807) is 17.8 Å². The van der Waals surface area contributed by atoms with Crippen molar-refractivity contribution in [1.82, 2.24) is 15.1 Å². The molecule has 6 nitrogen and oxygen atoms in total. The highest BCUT2D eigenvalue weighted by Crippen LogP contribution is 2.19. The summed E-state index contributed by atoms with van der Waals surface area (Å²) in [6.07, 6.45) is 0.160. The summed E-state index contributed by atoms with van der Waals surface area (Å²) < 4.78 is 1.62. The Bertz CT molecular complexity index is 704. The first-order valence-corrected chi connectivity index (χ1v) is 7.49. The lowest BCUT2D eigenvalue weighted by molar-refractivity contribution is -0.120. The third kappa shape index (κ3) is 4.67. The molecule has 0 unspecified atom stereocenters. The van der Waals surface area contributed by atoms with Crippen LogP contribution in [0.25, 0.3) is 0 Å². The zero-order valence-corrected chi connectivity index (χ0v) is 13.9. The molecule has 0 aliphatic carbocycles. The Labute approximate surface area is 135 Å². The zero-order chi connectivity index (χ0) is 17.0. The minimum atomic E-state index is -0.359. The fourth-order valence-electron chi connectivity index (χ4n) is 2.40. The quantitative estimate of drug-likeness (QED) is 0.888. The molecule has 122 valence electrons. The van der Waals surface area contributed by atoms with Crippen LogP contribution in [0, 0.1) is 13.8 Å². The molecule has 0 radical (unpaired) electrons. The molecule has 0 saturated heterocycles. The number of rotatable bonds is 5. The molecular formula is C17H22N4O2. The highest BCUT2D eigenvalue weighted by molar-refractivity contribution is 5.90. The summed E-state index contributed by atoms with van der Waals surface area (Å²) in [6.45, 7) is 5.31. The second-order valence-corrected chi connectivity index (χ2v) is 5.71. The monoisotopic (exact) mass is 314 g/mol. The van der Waals surface area contributed by atoms with Gasteiger partial charge in [0.2, 0.25) is 11.8 Å². The van der Waals surface area contributed by atoms with Gasteiger partial charge in [0.05, 0.1) is 18.2 Å². The summed E-state index contributed by atoms with van der Waals surface area (Å²) in [5.74, 6) is 0.296. The van der Waals surface area contributed by atoms with Crippen molar-refractivity contribution in [3.05, 3.63) is 47.2 Å². The van der Waals surface area contributed by atoms with Crippen molar-refractivity contribution in [3.8, 4) is 0 Å². The lowest BCUT2D eigenvalue weighted by Gasteiger charge is -2.18. The molecule has 2 N–H and O–H groups in total. The highest BCUT2D eigenvalue weighted by Gasteiger charge is 2.18.